The van der Waals surface area contributed by atoms with Crippen molar-refractivity contribution in [1.29, 1.82) is 0 Å². The Morgan fingerprint density at radius 3 is 2.83 bits per heavy atom. The molecule has 8 heteroatoms. The number of aliphatic hydroxyl groups is 1. The van der Waals surface area contributed by atoms with E-state index in [9.17, 15) is 5.11 Å². The van der Waals surface area contributed by atoms with Crippen molar-refractivity contribution in [3.63, 3.8) is 0 Å². The van der Waals surface area contributed by atoms with Crippen molar-refractivity contribution in [2.24, 2.45) is 0 Å². The second-order valence-electron chi connectivity index (χ2n) is 8.10. The van der Waals surface area contributed by atoms with Crippen LogP contribution in [0.3, 0.4) is 0 Å². The highest BCUT2D eigenvalue weighted by Gasteiger charge is 2.49. The molecule has 0 unspecified atom stereocenters. The van der Waals surface area contributed by atoms with Crippen LogP contribution < -0.4 is 5.43 Å². The van der Waals surface area contributed by atoms with Gasteiger partial charge in [0.25, 0.3) is 0 Å². The van der Waals surface area contributed by atoms with E-state index in [1.807, 2.05) is 49.6 Å². The topological polar surface area (TPSA) is 86.9 Å². The predicted molar refractivity (Wildman–Crippen MR) is 106 cm³/mol. The minimum atomic E-state index is -0.327. The van der Waals surface area contributed by atoms with Gasteiger partial charge in [0.1, 0.15) is 17.1 Å². The van der Waals surface area contributed by atoms with E-state index in [2.05, 4.69) is 26.5 Å². The summed E-state index contributed by atoms with van der Waals surface area (Å²) in [5.41, 5.74) is 8.04. The predicted octanol–water partition coefficient (Wildman–Crippen LogP) is 1.86. The van der Waals surface area contributed by atoms with Gasteiger partial charge in [-0.25, -0.2) is 0 Å². The van der Waals surface area contributed by atoms with Crippen LogP contribution in [0.15, 0.2) is 47.0 Å². The van der Waals surface area contributed by atoms with Crippen molar-refractivity contribution in [2.75, 3.05) is 19.7 Å². The molecule has 0 radical (unpaired) electrons. The largest absolute Gasteiger partial charge is 0.391 e. The lowest BCUT2D eigenvalue weighted by Gasteiger charge is -2.49. The van der Waals surface area contributed by atoms with E-state index in [-0.39, 0.29) is 11.7 Å². The summed E-state index contributed by atoms with van der Waals surface area (Å²) in [4.78, 5) is 6.62. The van der Waals surface area contributed by atoms with Crippen LogP contribution in [0.1, 0.15) is 23.4 Å². The van der Waals surface area contributed by atoms with Crippen molar-refractivity contribution in [3.8, 4) is 11.3 Å². The van der Waals surface area contributed by atoms with E-state index in [0.717, 1.165) is 53.5 Å². The number of nitrogens with zero attached hydrogens (tertiary/aromatic N) is 4. The lowest BCUT2D eigenvalue weighted by atomic mass is 9.89. The van der Waals surface area contributed by atoms with Crippen LogP contribution in [-0.4, -0.2) is 56.6 Å². The molecule has 2 aromatic rings. The lowest BCUT2D eigenvalue weighted by Crippen LogP contribution is -2.61. The maximum atomic E-state index is 9.72. The summed E-state index contributed by atoms with van der Waals surface area (Å²) in [6.45, 7) is 6.60. The van der Waals surface area contributed by atoms with Gasteiger partial charge in [-0.05, 0) is 32.1 Å². The molecule has 152 valence electrons. The molecule has 0 saturated carbocycles. The Morgan fingerprint density at radius 2 is 2.17 bits per heavy atom. The Hall–Kier alpha value is -2.84. The lowest BCUT2D eigenvalue weighted by molar-refractivity contribution is -0.0961. The molecule has 3 aliphatic heterocycles. The smallest absolute Gasteiger partial charge is 0.139 e. The zero-order valence-corrected chi connectivity index (χ0v) is 16.6. The maximum Gasteiger partial charge on any atom is 0.139 e. The Morgan fingerprint density at radius 1 is 1.31 bits per heavy atom. The van der Waals surface area contributed by atoms with Crippen LogP contribution in [0.4, 0.5) is 0 Å². The van der Waals surface area contributed by atoms with E-state index in [1.54, 1.807) is 0 Å². The molecule has 1 spiro atoms. The van der Waals surface area contributed by atoms with Crippen molar-refractivity contribution in [3.05, 3.63) is 59.5 Å². The molecule has 29 heavy (non-hydrogen) atoms. The van der Waals surface area contributed by atoms with Gasteiger partial charge < -0.3 is 24.7 Å². The fraction of sp³-hybridized carbons (Fsp3) is 0.429. The number of rotatable bonds is 4. The first kappa shape index (κ1) is 18.2. The molecule has 1 atom stereocenters. The summed E-state index contributed by atoms with van der Waals surface area (Å²) < 4.78 is 11.2. The van der Waals surface area contributed by atoms with Crippen molar-refractivity contribution < 1.29 is 14.4 Å². The summed E-state index contributed by atoms with van der Waals surface area (Å²) in [5.74, 6) is 0.798. The van der Waals surface area contributed by atoms with E-state index < -0.39 is 0 Å². The molecule has 0 aliphatic carbocycles. The molecular weight excluding hydrogens is 370 g/mol. The molecule has 0 aromatic carbocycles. The van der Waals surface area contributed by atoms with Gasteiger partial charge in [0.2, 0.25) is 0 Å². The number of aliphatic hydroxyl groups excluding tert-OH is 1. The van der Waals surface area contributed by atoms with Crippen LogP contribution >= 0.6 is 0 Å². The van der Waals surface area contributed by atoms with Crippen molar-refractivity contribution in [2.45, 2.75) is 38.5 Å². The molecule has 3 aliphatic rings. The van der Waals surface area contributed by atoms with E-state index in [0.29, 0.717) is 13.2 Å². The van der Waals surface area contributed by atoms with Gasteiger partial charge in [0, 0.05) is 54.9 Å². The SMILES string of the molecule is Cc1ccc(-c2noc(C)c2CN2C=CC(N3CC4(C[C@H](O)CO4)C3)=CN2)cn1. The molecule has 5 rings (SSSR count). The Kier molecular flexibility index (Phi) is 4.33. The quantitative estimate of drug-likeness (QED) is 0.811. The molecule has 2 aromatic heterocycles. The summed E-state index contributed by atoms with van der Waals surface area (Å²) in [6, 6.07) is 3.99. The van der Waals surface area contributed by atoms with Crippen LogP contribution in [0.5, 0.6) is 0 Å². The van der Waals surface area contributed by atoms with Gasteiger partial charge in [-0.3, -0.25) is 9.99 Å². The minimum Gasteiger partial charge on any atom is -0.391 e. The van der Waals surface area contributed by atoms with Gasteiger partial charge in [0.05, 0.1) is 25.0 Å². The number of nitrogens with one attached hydrogen (secondary N) is 1. The molecule has 8 nitrogen and oxygen atoms in total. The maximum absolute atomic E-state index is 9.72. The zero-order valence-electron chi connectivity index (χ0n) is 16.6. The Balaban J connectivity index is 1.23. The third kappa shape index (κ3) is 3.38. The standard InChI is InChI=1S/C21H25N5O3/c1-14-3-4-16(8-22-14)20-19(15(2)29-24-20)10-26-6-5-17(9-23-26)25-12-21(13-25)7-18(27)11-28-21/h3-6,8-9,18,23,27H,7,10-13H2,1-2H3/t18-/m0/s1. The monoisotopic (exact) mass is 395 g/mol. The van der Waals surface area contributed by atoms with Crippen LogP contribution in [-0.2, 0) is 11.3 Å². The summed E-state index contributed by atoms with van der Waals surface area (Å²) in [7, 11) is 0. The van der Waals surface area contributed by atoms with E-state index in [1.165, 1.54) is 0 Å². The average Bonchev–Trinajstić information content (AvgIpc) is 3.26. The number of pyridine rings is 1. The number of ether oxygens (including phenoxy) is 1. The third-order valence-electron chi connectivity index (χ3n) is 5.81. The Bertz CT molecular complexity index is 959. The highest BCUT2D eigenvalue weighted by atomic mass is 16.5. The number of hydrogen-bond acceptors (Lipinski definition) is 8. The number of hydrazine groups is 1. The summed E-state index contributed by atoms with van der Waals surface area (Å²) in [5, 5.41) is 16.0. The molecule has 2 saturated heterocycles. The molecule has 2 N–H and O–H groups in total. The van der Waals surface area contributed by atoms with E-state index in [4.69, 9.17) is 9.26 Å². The minimum absolute atomic E-state index is 0.165. The van der Waals surface area contributed by atoms with Crippen LogP contribution in [0.2, 0.25) is 0 Å². The first-order chi connectivity index (χ1) is 14.0. The zero-order chi connectivity index (χ0) is 20.0. The molecule has 5 heterocycles. The summed E-state index contributed by atoms with van der Waals surface area (Å²) in [6.07, 6.45) is 8.33. The average molecular weight is 395 g/mol. The molecule has 2 fully saturated rings. The number of aryl methyl sites for hydroxylation is 2. The third-order valence-corrected chi connectivity index (χ3v) is 5.81. The molecular formula is C21H25N5O3. The van der Waals surface area contributed by atoms with Gasteiger partial charge in [-0.1, -0.05) is 5.16 Å². The summed E-state index contributed by atoms with van der Waals surface area (Å²) >= 11 is 0. The second kappa shape index (κ2) is 6.89. The van der Waals surface area contributed by atoms with Crippen molar-refractivity contribution >= 4 is 0 Å². The first-order valence-corrected chi connectivity index (χ1v) is 9.88. The van der Waals surface area contributed by atoms with Gasteiger partial charge in [-0.2, -0.15) is 0 Å². The number of hydrogen-bond donors (Lipinski definition) is 2. The Labute approximate surface area is 169 Å². The van der Waals surface area contributed by atoms with Crippen molar-refractivity contribution in [1.82, 2.24) is 25.5 Å². The number of aromatic nitrogens is 2. The van der Waals surface area contributed by atoms with E-state index >= 15 is 0 Å². The highest BCUT2D eigenvalue weighted by Crippen LogP contribution is 2.37. The van der Waals surface area contributed by atoms with Crippen LogP contribution in [0.25, 0.3) is 11.3 Å². The molecule has 0 bridgehead atoms. The second-order valence-corrected chi connectivity index (χ2v) is 8.10. The molecule has 0 amide bonds. The highest BCUT2D eigenvalue weighted by molar-refractivity contribution is 5.62. The fourth-order valence-corrected chi connectivity index (χ4v) is 4.16. The van der Waals surface area contributed by atoms with Gasteiger partial charge >= 0.3 is 0 Å². The number of likely N-dealkylation sites (tertiary alicyclic amines) is 1. The van der Waals surface area contributed by atoms with Gasteiger partial charge in [0.15, 0.2) is 0 Å². The first-order valence-electron chi connectivity index (χ1n) is 9.88. The normalized spacial score (nSPS) is 22.6. The van der Waals surface area contributed by atoms with Gasteiger partial charge in [-0.15, -0.1) is 0 Å². The number of allylic oxidation sites excluding steroid dienone is 1. The van der Waals surface area contributed by atoms with Crippen LogP contribution in [0, 0.1) is 13.8 Å². The fourth-order valence-electron chi connectivity index (χ4n) is 4.16.